The Labute approximate surface area is 77.8 Å². The molecule has 0 radical (unpaired) electrons. The molecule has 1 saturated heterocycles. The average molecular weight is 181 g/mol. The molecule has 0 aromatic heterocycles. The molecule has 1 heterocycles. The van der Waals surface area contributed by atoms with Gasteiger partial charge in [-0.2, -0.15) is 0 Å². The second-order valence-electron chi connectivity index (χ2n) is 4.59. The molecule has 2 aliphatic carbocycles. The fourth-order valence-electron chi connectivity index (χ4n) is 3.28. The van der Waals surface area contributed by atoms with Gasteiger partial charge in [-0.05, 0) is 31.1 Å². The first kappa shape index (κ1) is 7.80. The third kappa shape index (κ3) is 1.10. The van der Waals surface area contributed by atoms with Gasteiger partial charge in [-0.25, -0.2) is 0 Å². The number of carbonyl (C=O) groups excluding carboxylic acids is 1. The minimum Gasteiger partial charge on any atom is -0.369 e. The van der Waals surface area contributed by atoms with E-state index in [4.69, 9.17) is 4.74 Å². The number of epoxide rings is 1. The van der Waals surface area contributed by atoms with E-state index in [0.717, 1.165) is 12.3 Å². The van der Waals surface area contributed by atoms with Crippen molar-refractivity contribution in [2.45, 2.75) is 44.4 Å². The average Bonchev–Trinajstić information content (AvgIpc) is 2.56. The second-order valence-corrected chi connectivity index (χ2v) is 4.59. The van der Waals surface area contributed by atoms with Crippen LogP contribution in [0.1, 0.15) is 26.2 Å². The molecule has 3 nitrogen and oxygen atoms in total. The van der Waals surface area contributed by atoms with Crippen LogP contribution in [0.2, 0.25) is 0 Å². The summed E-state index contributed by atoms with van der Waals surface area (Å²) in [6.45, 7) is 1.61. The van der Waals surface area contributed by atoms with E-state index in [2.05, 4.69) is 5.32 Å². The van der Waals surface area contributed by atoms with Crippen molar-refractivity contribution in [1.82, 2.24) is 5.32 Å². The molecule has 0 aromatic rings. The van der Waals surface area contributed by atoms with Crippen LogP contribution >= 0.6 is 0 Å². The summed E-state index contributed by atoms with van der Waals surface area (Å²) in [5, 5.41) is 3.06. The molecule has 72 valence electrons. The molecule has 3 rings (SSSR count). The Balaban J connectivity index is 1.69. The molecule has 3 heteroatoms. The van der Waals surface area contributed by atoms with E-state index in [1.54, 1.807) is 6.92 Å². The molecule has 1 aliphatic heterocycles. The maximum absolute atomic E-state index is 10.9. The van der Waals surface area contributed by atoms with Crippen LogP contribution in [0.15, 0.2) is 0 Å². The number of fused-ring (bicyclic) bond motifs is 3. The van der Waals surface area contributed by atoms with Gasteiger partial charge in [0, 0.05) is 13.0 Å². The first-order chi connectivity index (χ1) is 6.25. The van der Waals surface area contributed by atoms with Crippen LogP contribution in [0.4, 0.5) is 0 Å². The van der Waals surface area contributed by atoms with Crippen molar-refractivity contribution in [3.05, 3.63) is 0 Å². The predicted molar refractivity (Wildman–Crippen MR) is 47.1 cm³/mol. The maximum Gasteiger partial charge on any atom is 0.217 e. The number of hydrogen-bond donors (Lipinski definition) is 1. The van der Waals surface area contributed by atoms with Crippen molar-refractivity contribution in [3.8, 4) is 0 Å². The quantitative estimate of drug-likeness (QED) is 0.605. The summed E-state index contributed by atoms with van der Waals surface area (Å²) < 4.78 is 5.51. The van der Waals surface area contributed by atoms with Gasteiger partial charge < -0.3 is 10.1 Å². The second kappa shape index (κ2) is 2.47. The Morgan fingerprint density at radius 3 is 3.00 bits per heavy atom. The molecule has 3 aliphatic rings. The lowest BCUT2D eigenvalue weighted by Crippen LogP contribution is -2.36. The van der Waals surface area contributed by atoms with Gasteiger partial charge in [0.1, 0.15) is 0 Å². The van der Waals surface area contributed by atoms with Gasteiger partial charge in [0.25, 0.3) is 0 Å². The fraction of sp³-hybridized carbons (Fsp3) is 0.900. The normalized spacial score (nSPS) is 51.3. The molecular formula is C10H15NO2. The molecule has 2 saturated carbocycles. The summed E-state index contributed by atoms with van der Waals surface area (Å²) in [5.41, 5.74) is 0. The van der Waals surface area contributed by atoms with Crippen LogP contribution in [-0.2, 0) is 9.53 Å². The summed E-state index contributed by atoms with van der Waals surface area (Å²) in [4.78, 5) is 10.9. The Bertz CT molecular complexity index is 253. The summed E-state index contributed by atoms with van der Waals surface area (Å²) >= 11 is 0. The van der Waals surface area contributed by atoms with E-state index in [1.807, 2.05) is 0 Å². The van der Waals surface area contributed by atoms with E-state index in [-0.39, 0.29) is 5.91 Å². The highest BCUT2D eigenvalue weighted by atomic mass is 16.6. The lowest BCUT2D eigenvalue weighted by molar-refractivity contribution is -0.120. The topological polar surface area (TPSA) is 41.6 Å². The predicted octanol–water partition coefficient (Wildman–Crippen LogP) is 0.688. The van der Waals surface area contributed by atoms with Gasteiger partial charge in [0.05, 0.1) is 12.2 Å². The molecular weight excluding hydrogens is 166 g/mol. The van der Waals surface area contributed by atoms with E-state index in [1.165, 1.54) is 12.8 Å². The van der Waals surface area contributed by atoms with Crippen molar-refractivity contribution in [2.75, 3.05) is 0 Å². The number of rotatable bonds is 1. The standard InChI is InChI=1S/C10H15NO2/c1-5(12)11-8-3-2-6-7(8)4-9-10(6)13-9/h6-10H,2-4H2,1H3,(H,11,12)/t6-,7-,8?,9?,10?/m1/s1. The van der Waals surface area contributed by atoms with Gasteiger partial charge in [0.15, 0.2) is 0 Å². The van der Waals surface area contributed by atoms with Crippen LogP contribution in [0.25, 0.3) is 0 Å². The largest absolute Gasteiger partial charge is 0.369 e. The van der Waals surface area contributed by atoms with Gasteiger partial charge in [-0.15, -0.1) is 0 Å². The lowest BCUT2D eigenvalue weighted by atomic mass is 9.96. The monoisotopic (exact) mass is 181 g/mol. The van der Waals surface area contributed by atoms with Crippen molar-refractivity contribution in [3.63, 3.8) is 0 Å². The van der Waals surface area contributed by atoms with Gasteiger partial charge >= 0.3 is 0 Å². The molecule has 3 fully saturated rings. The van der Waals surface area contributed by atoms with Crippen LogP contribution in [0.5, 0.6) is 0 Å². The first-order valence-corrected chi connectivity index (χ1v) is 5.18. The Kier molecular flexibility index (Phi) is 1.48. The molecule has 0 aromatic carbocycles. The third-order valence-corrected chi connectivity index (χ3v) is 3.81. The van der Waals surface area contributed by atoms with Crippen LogP contribution in [-0.4, -0.2) is 24.2 Å². The molecule has 3 unspecified atom stereocenters. The summed E-state index contributed by atoms with van der Waals surface area (Å²) in [6, 6.07) is 0.443. The number of carbonyl (C=O) groups is 1. The smallest absolute Gasteiger partial charge is 0.217 e. The minimum absolute atomic E-state index is 0.118. The van der Waals surface area contributed by atoms with Crippen molar-refractivity contribution < 1.29 is 9.53 Å². The molecule has 1 N–H and O–H groups in total. The zero-order valence-corrected chi connectivity index (χ0v) is 7.82. The molecule has 0 bridgehead atoms. The highest BCUT2D eigenvalue weighted by Gasteiger charge is 2.59. The molecule has 13 heavy (non-hydrogen) atoms. The highest BCUT2D eigenvalue weighted by molar-refractivity contribution is 5.73. The molecule has 5 atom stereocenters. The van der Waals surface area contributed by atoms with Crippen LogP contribution in [0.3, 0.4) is 0 Å². The number of hydrogen-bond acceptors (Lipinski definition) is 2. The number of ether oxygens (including phenoxy) is 1. The zero-order chi connectivity index (χ0) is 9.00. The third-order valence-electron chi connectivity index (χ3n) is 3.81. The zero-order valence-electron chi connectivity index (χ0n) is 7.82. The van der Waals surface area contributed by atoms with Crippen molar-refractivity contribution in [2.24, 2.45) is 11.8 Å². The molecule has 1 amide bonds. The Morgan fingerprint density at radius 1 is 1.38 bits per heavy atom. The lowest BCUT2D eigenvalue weighted by Gasteiger charge is -2.20. The van der Waals surface area contributed by atoms with Crippen molar-refractivity contribution in [1.29, 1.82) is 0 Å². The van der Waals surface area contributed by atoms with Crippen LogP contribution < -0.4 is 5.32 Å². The van der Waals surface area contributed by atoms with Gasteiger partial charge in [-0.1, -0.05) is 0 Å². The van der Waals surface area contributed by atoms with Crippen molar-refractivity contribution >= 4 is 5.91 Å². The van der Waals surface area contributed by atoms with E-state index < -0.39 is 0 Å². The summed E-state index contributed by atoms with van der Waals surface area (Å²) in [6.07, 6.45) is 4.69. The first-order valence-electron chi connectivity index (χ1n) is 5.18. The SMILES string of the molecule is CC(=O)NC1CC[C@H]2C3OC3C[C@@H]12. The van der Waals surface area contributed by atoms with Crippen LogP contribution in [0, 0.1) is 11.8 Å². The highest BCUT2D eigenvalue weighted by Crippen LogP contribution is 2.54. The Morgan fingerprint density at radius 2 is 2.23 bits per heavy atom. The number of amides is 1. The summed E-state index contributed by atoms with van der Waals surface area (Å²) in [7, 11) is 0. The summed E-state index contributed by atoms with van der Waals surface area (Å²) in [5.74, 6) is 1.58. The fourth-order valence-corrected chi connectivity index (χ4v) is 3.28. The maximum atomic E-state index is 10.9. The van der Waals surface area contributed by atoms with E-state index >= 15 is 0 Å². The van der Waals surface area contributed by atoms with Gasteiger partial charge in [-0.3, -0.25) is 4.79 Å². The van der Waals surface area contributed by atoms with E-state index in [0.29, 0.717) is 24.2 Å². The Hall–Kier alpha value is -0.570. The van der Waals surface area contributed by atoms with E-state index in [9.17, 15) is 4.79 Å². The van der Waals surface area contributed by atoms with Gasteiger partial charge in [0.2, 0.25) is 5.91 Å². The minimum atomic E-state index is 0.118. The molecule has 0 spiro atoms. The number of nitrogens with one attached hydrogen (secondary N) is 1.